The average molecular weight is 330 g/mol. The molecule has 2 fully saturated rings. The maximum atomic E-state index is 10.7. The summed E-state index contributed by atoms with van der Waals surface area (Å²) in [5, 5.41) is 17.7. The van der Waals surface area contributed by atoms with E-state index in [1.54, 1.807) is 12.1 Å². The summed E-state index contributed by atoms with van der Waals surface area (Å²) in [6.45, 7) is 4.72. The summed E-state index contributed by atoms with van der Waals surface area (Å²) in [7, 11) is 0. The standard InChI is InChI=1S/C18H26N4O2/c1-12(2)20-18(21-17-10-14-3-6-15(17)9-14)19-11-13-4-7-16(8-5-13)22(23)24/h4-5,7-8,12,14-15,17H,3,6,9-11H2,1-2H3,(H2,19,20,21). The van der Waals surface area contributed by atoms with Gasteiger partial charge in [0, 0.05) is 24.2 Å². The molecular formula is C18H26N4O2. The molecule has 2 N–H and O–H groups in total. The third-order valence-electron chi connectivity index (χ3n) is 5.05. The zero-order valence-electron chi connectivity index (χ0n) is 14.4. The van der Waals surface area contributed by atoms with E-state index in [0.29, 0.717) is 18.6 Å². The number of hydrogen-bond acceptors (Lipinski definition) is 3. The summed E-state index contributed by atoms with van der Waals surface area (Å²) in [5.74, 6) is 2.52. The minimum Gasteiger partial charge on any atom is -0.354 e. The maximum Gasteiger partial charge on any atom is 0.269 e. The monoisotopic (exact) mass is 330 g/mol. The van der Waals surface area contributed by atoms with Crippen molar-refractivity contribution in [3.63, 3.8) is 0 Å². The molecule has 1 aromatic rings. The Bertz CT molecular complexity index is 612. The van der Waals surface area contributed by atoms with Crippen molar-refractivity contribution < 1.29 is 4.92 Å². The van der Waals surface area contributed by atoms with Crippen molar-refractivity contribution >= 4 is 11.6 Å². The number of fused-ring (bicyclic) bond motifs is 2. The van der Waals surface area contributed by atoms with E-state index in [9.17, 15) is 10.1 Å². The van der Waals surface area contributed by atoms with E-state index in [-0.39, 0.29) is 10.6 Å². The van der Waals surface area contributed by atoms with Gasteiger partial charge in [0.2, 0.25) is 0 Å². The first-order valence-electron chi connectivity index (χ1n) is 8.82. The van der Waals surface area contributed by atoms with Gasteiger partial charge < -0.3 is 10.6 Å². The van der Waals surface area contributed by atoms with Gasteiger partial charge >= 0.3 is 0 Å². The van der Waals surface area contributed by atoms with Gasteiger partial charge in [-0.3, -0.25) is 10.1 Å². The fraction of sp³-hybridized carbons (Fsp3) is 0.611. The summed E-state index contributed by atoms with van der Waals surface area (Å²) >= 11 is 0. The van der Waals surface area contributed by atoms with E-state index in [2.05, 4.69) is 29.5 Å². The van der Waals surface area contributed by atoms with Gasteiger partial charge in [-0.25, -0.2) is 4.99 Å². The van der Waals surface area contributed by atoms with Crippen LogP contribution in [0.4, 0.5) is 5.69 Å². The van der Waals surface area contributed by atoms with Crippen molar-refractivity contribution in [3.8, 4) is 0 Å². The quantitative estimate of drug-likeness (QED) is 0.376. The first-order valence-corrected chi connectivity index (χ1v) is 8.82. The molecule has 6 nitrogen and oxygen atoms in total. The van der Waals surface area contributed by atoms with Gasteiger partial charge in [0.25, 0.3) is 5.69 Å². The van der Waals surface area contributed by atoms with Crippen LogP contribution >= 0.6 is 0 Å². The summed E-state index contributed by atoms with van der Waals surface area (Å²) in [5.41, 5.74) is 1.08. The maximum absolute atomic E-state index is 10.7. The molecule has 2 aliphatic carbocycles. The number of non-ortho nitro benzene ring substituents is 1. The van der Waals surface area contributed by atoms with Crippen LogP contribution in [0, 0.1) is 22.0 Å². The van der Waals surface area contributed by atoms with Crippen molar-refractivity contribution in [1.29, 1.82) is 0 Å². The second-order valence-electron chi connectivity index (χ2n) is 7.31. The molecule has 2 saturated carbocycles. The first-order chi connectivity index (χ1) is 11.5. The third-order valence-corrected chi connectivity index (χ3v) is 5.05. The van der Waals surface area contributed by atoms with Crippen LogP contribution in [-0.2, 0) is 6.54 Å². The van der Waals surface area contributed by atoms with Crippen LogP contribution in [0.25, 0.3) is 0 Å². The molecule has 3 atom stereocenters. The molecule has 2 aliphatic rings. The molecule has 0 radical (unpaired) electrons. The molecule has 3 unspecified atom stereocenters. The van der Waals surface area contributed by atoms with E-state index >= 15 is 0 Å². The number of rotatable bonds is 5. The lowest BCUT2D eigenvalue weighted by Gasteiger charge is -2.26. The highest BCUT2D eigenvalue weighted by Gasteiger charge is 2.39. The van der Waals surface area contributed by atoms with E-state index < -0.39 is 0 Å². The zero-order chi connectivity index (χ0) is 17.1. The van der Waals surface area contributed by atoms with Gasteiger partial charge in [0.1, 0.15) is 0 Å². The van der Waals surface area contributed by atoms with E-state index in [0.717, 1.165) is 23.4 Å². The van der Waals surface area contributed by atoms with Crippen LogP contribution in [0.2, 0.25) is 0 Å². The largest absolute Gasteiger partial charge is 0.354 e. The first kappa shape index (κ1) is 16.7. The normalized spacial score (nSPS) is 26.0. The summed E-state index contributed by atoms with van der Waals surface area (Å²) in [6, 6.07) is 7.45. The topological polar surface area (TPSA) is 79.6 Å². The molecule has 1 aromatic carbocycles. The molecule has 130 valence electrons. The van der Waals surface area contributed by atoms with E-state index in [1.165, 1.54) is 37.8 Å². The molecule has 6 heteroatoms. The molecule has 0 saturated heterocycles. The van der Waals surface area contributed by atoms with Crippen LogP contribution in [0.5, 0.6) is 0 Å². The van der Waals surface area contributed by atoms with Gasteiger partial charge in [0.05, 0.1) is 11.5 Å². The Morgan fingerprint density at radius 2 is 2.04 bits per heavy atom. The summed E-state index contributed by atoms with van der Waals surface area (Å²) in [4.78, 5) is 15.0. The molecule has 24 heavy (non-hydrogen) atoms. The SMILES string of the molecule is CC(C)NC(=NCc1ccc([N+](=O)[O-])cc1)NC1CC2CCC1C2. The molecule has 0 aliphatic heterocycles. The van der Waals surface area contributed by atoms with Crippen LogP contribution in [0.15, 0.2) is 29.3 Å². The Hall–Kier alpha value is -2.11. The molecule has 0 aromatic heterocycles. The molecule has 0 amide bonds. The van der Waals surface area contributed by atoms with Gasteiger partial charge in [-0.15, -0.1) is 0 Å². The number of nitro benzene ring substituents is 1. The minimum atomic E-state index is -0.379. The fourth-order valence-electron chi connectivity index (χ4n) is 3.90. The van der Waals surface area contributed by atoms with Crippen molar-refractivity contribution in [2.45, 2.75) is 58.2 Å². The molecular weight excluding hydrogens is 304 g/mol. The van der Waals surface area contributed by atoms with Crippen LogP contribution in [0.3, 0.4) is 0 Å². The molecule has 0 spiro atoms. The number of aliphatic imine (C=N–C) groups is 1. The lowest BCUT2D eigenvalue weighted by Crippen LogP contribution is -2.47. The van der Waals surface area contributed by atoms with Crippen LogP contribution < -0.4 is 10.6 Å². The number of nitrogens with one attached hydrogen (secondary N) is 2. The Labute approximate surface area is 142 Å². The van der Waals surface area contributed by atoms with Crippen molar-refractivity contribution in [3.05, 3.63) is 39.9 Å². The van der Waals surface area contributed by atoms with Gasteiger partial charge in [0.15, 0.2) is 5.96 Å². The Morgan fingerprint density at radius 1 is 1.29 bits per heavy atom. The lowest BCUT2D eigenvalue weighted by molar-refractivity contribution is -0.384. The van der Waals surface area contributed by atoms with Crippen molar-refractivity contribution in [1.82, 2.24) is 10.6 Å². The van der Waals surface area contributed by atoms with E-state index in [4.69, 9.17) is 0 Å². The smallest absolute Gasteiger partial charge is 0.269 e. The zero-order valence-corrected chi connectivity index (χ0v) is 14.4. The molecule has 0 heterocycles. The Morgan fingerprint density at radius 3 is 2.58 bits per heavy atom. The van der Waals surface area contributed by atoms with Gasteiger partial charge in [-0.1, -0.05) is 18.6 Å². The highest BCUT2D eigenvalue weighted by atomic mass is 16.6. The number of benzene rings is 1. The molecule has 3 rings (SSSR count). The highest BCUT2D eigenvalue weighted by molar-refractivity contribution is 5.80. The molecule has 2 bridgehead atoms. The predicted molar refractivity (Wildman–Crippen MR) is 94.9 cm³/mol. The minimum absolute atomic E-state index is 0.114. The number of nitro groups is 1. The average Bonchev–Trinajstić information content (AvgIpc) is 3.15. The Balaban J connectivity index is 1.63. The van der Waals surface area contributed by atoms with E-state index in [1.807, 2.05) is 0 Å². The summed E-state index contributed by atoms with van der Waals surface area (Å²) in [6.07, 6.45) is 5.32. The van der Waals surface area contributed by atoms with Crippen LogP contribution in [-0.4, -0.2) is 23.0 Å². The van der Waals surface area contributed by atoms with Gasteiger partial charge in [-0.05, 0) is 50.5 Å². The Kier molecular flexibility index (Phi) is 5.02. The third kappa shape index (κ3) is 4.04. The number of hydrogen-bond donors (Lipinski definition) is 2. The second-order valence-corrected chi connectivity index (χ2v) is 7.31. The van der Waals surface area contributed by atoms with Gasteiger partial charge in [-0.2, -0.15) is 0 Å². The number of nitrogens with zero attached hydrogens (tertiary/aromatic N) is 2. The highest BCUT2D eigenvalue weighted by Crippen LogP contribution is 2.44. The van der Waals surface area contributed by atoms with Crippen molar-refractivity contribution in [2.75, 3.05) is 0 Å². The summed E-state index contributed by atoms with van der Waals surface area (Å²) < 4.78 is 0. The lowest BCUT2D eigenvalue weighted by atomic mass is 9.95. The van der Waals surface area contributed by atoms with Crippen LogP contribution in [0.1, 0.15) is 45.1 Å². The second kappa shape index (κ2) is 7.20. The van der Waals surface area contributed by atoms with Crippen molar-refractivity contribution in [2.24, 2.45) is 16.8 Å². The predicted octanol–water partition coefficient (Wildman–Crippen LogP) is 3.23. The fourth-order valence-corrected chi connectivity index (χ4v) is 3.90. The number of guanidine groups is 1.